The van der Waals surface area contributed by atoms with E-state index in [9.17, 15) is 4.79 Å². The molecule has 0 saturated carbocycles. The number of fused-ring (bicyclic) bond motifs is 1. The molecule has 1 N–H and O–H groups in total. The first-order chi connectivity index (χ1) is 14.5. The molecular weight excluding hydrogens is 452 g/mol. The summed E-state index contributed by atoms with van der Waals surface area (Å²) >= 11 is 3.49. The second-order valence-corrected chi connectivity index (χ2v) is 7.60. The maximum atomic E-state index is 12.7. The number of hydrogen-bond acceptors (Lipinski definition) is 6. The lowest BCUT2D eigenvalue weighted by Gasteiger charge is -2.22. The van der Waals surface area contributed by atoms with E-state index in [0.29, 0.717) is 55.1 Å². The number of rotatable bonds is 9. The van der Waals surface area contributed by atoms with Crippen molar-refractivity contribution in [2.75, 3.05) is 45.3 Å². The fourth-order valence-corrected chi connectivity index (χ4v) is 3.60. The molecule has 0 unspecified atom stereocenters. The summed E-state index contributed by atoms with van der Waals surface area (Å²) in [6.07, 6.45) is 0. The van der Waals surface area contributed by atoms with Gasteiger partial charge in [-0.15, -0.1) is 0 Å². The molecule has 0 aliphatic carbocycles. The quantitative estimate of drug-likeness (QED) is 0.585. The molecule has 8 heteroatoms. The summed E-state index contributed by atoms with van der Waals surface area (Å²) in [6, 6.07) is 9.43. The minimum Gasteiger partial charge on any atom is -0.493 e. The van der Waals surface area contributed by atoms with Crippen LogP contribution in [0.25, 0.3) is 0 Å². The van der Waals surface area contributed by atoms with Gasteiger partial charge < -0.3 is 24.3 Å². The van der Waals surface area contributed by atoms with Crippen molar-refractivity contribution in [2.24, 2.45) is 0 Å². The number of carbonyl (C=O) groups is 1. The van der Waals surface area contributed by atoms with E-state index in [2.05, 4.69) is 26.1 Å². The van der Waals surface area contributed by atoms with E-state index in [0.717, 1.165) is 16.6 Å². The van der Waals surface area contributed by atoms with Gasteiger partial charge in [0.05, 0.1) is 25.9 Å². The second kappa shape index (κ2) is 10.5. The molecule has 0 radical (unpaired) electrons. The second-order valence-electron chi connectivity index (χ2n) is 6.75. The van der Waals surface area contributed by atoms with Gasteiger partial charge in [-0.05, 0) is 47.1 Å². The van der Waals surface area contributed by atoms with Gasteiger partial charge in [0.15, 0.2) is 23.0 Å². The van der Waals surface area contributed by atoms with Gasteiger partial charge in [-0.25, -0.2) is 0 Å². The Kier molecular flexibility index (Phi) is 7.81. The summed E-state index contributed by atoms with van der Waals surface area (Å²) in [4.78, 5) is 14.7. The highest BCUT2D eigenvalue weighted by Gasteiger charge is 2.17. The Morgan fingerprint density at radius 2 is 1.87 bits per heavy atom. The molecule has 0 aromatic heterocycles. The molecule has 3 rings (SSSR count). The summed E-state index contributed by atoms with van der Waals surface area (Å²) in [7, 11) is 1.62. The normalized spacial score (nSPS) is 12.6. The van der Waals surface area contributed by atoms with Gasteiger partial charge in [-0.1, -0.05) is 13.0 Å². The lowest BCUT2D eigenvalue weighted by Crippen LogP contribution is -2.32. The first kappa shape index (κ1) is 22.2. The number of nitrogens with zero attached hydrogens (tertiary/aromatic N) is 1. The highest BCUT2D eigenvalue weighted by Crippen LogP contribution is 2.38. The number of hydrogen-bond donors (Lipinski definition) is 1. The van der Waals surface area contributed by atoms with Gasteiger partial charge in [0.25, 0.3) is 0 Å². The van der Waals surface area contributed by atoms with E-state index in [-0.39, 0.29) is 12.5 Å². The lowest BCUT2D eigenvalue weighted by molar-refractivity contribution is -0.117. The van der Waals surface area contributed by atoms with Crippen molar-refractivity contribution >= 4 is 27.5 Å². The highest BCUT2D eigenvalue weighted by atomic mass is 79.9. The summed E-state index contributed by atoms with van der Waals surface area (Å²) in [5.74, 6) is 2.61. The van der Waals surface area contributed by atoms with E-state index in [1.807, 2.05) is 38.1 Å². The maximum absolute atomic E-state index is 12.7. The van der Waals surface area contributed by atoms with E-state index in [1.54, 1.807) is 13.2 Å². The molecular formula is C22H27BrN2O5. The largest absolute Gasteiger partial charge is 0.493 e. The number of anilines is 1. The van der Waals surface area contributed by atoms with Gasteiger partial charge in [-0.2, -0.15) is 0 Å². The van der Waals surface area contributed by atoms with Crippen LogP contribution in [0.15, 0.2) is 34.8 Å². The molecule has 2 aromatic carbocycles. The van der Waals surface area contributed by atoms with Crippen LogP contribution in [0.3, 0.4) is 0 Å². The molecule has 1 aliphatic heterocycles. The summed E-state index contributed by atoms with van der Waals surface area (Å²) in [5.41, 5.74) is 1.70. The molecule has 1 aliphatic rings. The Morgan fingerprint density at radius 1 is 1.13 bits per heavy atom. The fraction of sp³-hybridized carbons (Fsp3) is 0.409. The van der Waals surface area contributed by atoms with Crippen molar-refractivity contribution in [1.29, 1.82) is 0 Å². The van der Waals surface area contributed by atoms with Gasteiger partial charge >= 0.3 is 0 Å². The van der Waals surface area contributed by atoms with Crippen molar-refractivity contribution in [3.05, 3.63) is 40.4 Å². The number of nitrogens with one attached hydrogen (secondary N) is 1. The Hall–Kier alpha value is -2.45. The van der Waals surface area contributed by atoms with Crippen molar-refractivity contribution in [3.63, 3.8) is 0 Å². The lowest BCUT2D eigenvalue weighted by atomic mass is 10.2. The van der Waals surface area contributed by atoms with Crippen LogP contribution in [-0.2, 0) is 11.3 Å². The van der Waals surface area contributed by atoms with Crippen LogP contribution in [0.1, 0.15) is 19.4 Å². The zero-order valence-corrected chi connectivity index (χ0v) is 19.1. The summed E-state index contributed by atoms with van der Waals surface area (Å²) < 4.78 is 22.9. The molecule has 2 aromatic rings. The molecule has 162 valence electrons. The summed E-state index contributed by atoms with van der Waals surface area (Å²) in [6.45, 7) is 7.16. The van der Waals surface area contributed by atoms with Crippen LogP contribution in [-0.4, -0.2) is 50.8 Å². The monoisotopic (exact) mass is 478 g/mol. The Labute approximate surface area is 185 Å². The standard InChI is InChI=1S/C22H27BrN2O5/c1-4-25(13-15-6-7-18(28-5-2)19(10-15)27-3)14-22(26)24-17-12-21-20(11-16(17)23)29-8-9-30-21/h6-7,10-12H,4-5,8-9,13-14H2,1-3H3,(H,24,26). The molecule has 1 amide bonds. The van der Waals surface area contributed by atoms with Crippen LogP contribution < -0.4 is 24.3 Å². The third-order valence-corrected chi connectivity index (χ3v) is 5.31. The molecule has 0 saturated heterocycles. The smallest absolute Gasteiger partial charge is 0.238 e. The highest BCUT2D eigenvalue weighted by molar-refractivity contribution is 9.10. The van der Waals surface area contributed by atoms with Crippen LogP contribution in [0.4, 0.5) is 5.69 Å². The first-order valence-electron chi connectivity index (χ1n) is 9.95. The first-order valence-corrected chi connectivity index (χ1v) is 10.7. The van der Waals surface area contributed by atoms with Gasteiger partial charge in [0.1, 0.15) is 13.2 Å². The van der Waals surface area contributed by atoms with Crippen molar-refractivity contribution in [2.45, 2.75) is 20.4 Å². The van der Waals surface area contributed by atoms with E-state index in [1.165, 1.54) is 0 Å². The number of carbonyl (C=O) groups excluding carboxylic acids is 1. The fourth-order valence-electron chi connectivity index (χ4n) is 3.18. The zero-order valence-electron chi connectivity index (χ0n) is 17.5. The van der Waals surface area contributed by atoms with Gasteiger partial charge in [0.2, 0.25) is 5.91 Å². The van der Waals surface area contributed by atoms with Crippen LogP contribution >= 0.6 is 15.9 Å². The number of methoxy groups -OCH3 is 1. The Morgan fingerprint density at radius 3 is 2.53 bits per heavy atom. The van der Waals surface area contributed by atoms with Crippen molar-refractivity contribution in [3.8, 4) is 23.0 Å². The van der Waals surface area contributed by atoms with Crippen molar-refractivity contribution < 1.29 is 23.7 Å². The van der Waals surface area contributed by atoms with Crippen LogP contribution in [0.2, 0.25) is 0 Å². The predicted molar refractivity (Wildman–Crippen MR) is 119 cm³/mol. The van der Waals surface area contributed by atoms with E-state index in [4.69, 9.17) is 18.9 Å². The molecule has 0 bridgehead atoms. The zero-order chi connectivity index (χ0) is 21.5. The molecule has 0 atom stereocenters. The maximum Gasteiger partial charge on any atom is 0.238 e. The predicted octanol–water partition coefficient (Wildman–Crippen LogP) is 4.09. The minimum atomic E-state index is -0.105. The van der Waals surface area contributed by atoms with Crippen LogP contribution in [0.5, 0.6) is 23.0 Å². The Bertz CT molecular complexity index is 890. The minimum absolute atomic E-state index is 0.105. The molecule has 0 spiro atoms. The number of likely N-dealkylation sites (N-methyl/N-ethyl adjacent to an activating group) is 1. The average Bonchev–Trinajstić information content (AvgIpc) is 2.74. The topological polar surface area (TPSA) is 69.3 Å². The van der Waals surface area contributed by atoms with Crippen molar-refractivity contribution in [1.82, 2.24) is 4.90 Å². The SMILES string of the molecule is CCOc1ccc(CN(CC)CC(=O)Nc2cc3c(cc2Br)OCCO3)cc1OC. The number of ether oxygens (including phenoxy) is 4. The van der Waals surface area contributed by atoms with Gasteiger partial charge in [0, 0.05) is 23.2 Å². The van der Waals surface area contributed by atoms with E-state index >= 15 is 0 Å². The van der Waals surface area contributed by atoms with Gasteiger partial charge in [-0.3, -0.25) is 9.69 Å². The third kappa shape index (κ3) is 5.58. The third-order valence-electron chi connectivity index (χ3n) is 4.65. The van der Waals surface area contributed by atoms with Crippen LogP contribution in [0, 0.1) is 0 Å². The Balaban J connectivity index is 1.64. The number of halogens is 1. The van der Waals surface area contributed by atoms with E-state index < -0.39 is 0 Å². The molecule has 30 heavy (non-hydrogen) atoms. The number of benzene rings is 2. The molecule has 1 heterocycles. The summed E-state index contributed by atoms with van der Waals surface area (Å²) in [5, 5.41) is 2.95. The number of amides is 1. The average molecular weight is 479 g/mol. The molecule has 0 fully saturated rings. The molecule has 7 nitrogen and oxygen atoms in total.